The molecule has 0 fully saturated rings. The Morgan fingerprint density at radius 1 is 1.53 bits per heavy atom. The summed E-state index contributed by atoms with van der Waals surface area (Å²) in [5.41, 5.74) is -0.190. The second-order valence-corrected chi connectivity index (χ2v) is 4.33. The van der Waals surface area contributed by atoms with Crippen molar-refractivity contribution in [1.82, 2.24) is 5.32 Å². The Bertz CT molecular complexity index is 420. The van der Waals surface area contributed by atoms with Crippen molar-refractivity contribution < 1.29 is 14.1 Å². The molecule has 0 saturated heterocycles. The summed E-state index contributed by atoms with van der Waals surface area (Å²) < 4.78 is 18.9. The molecule has 19 heavy (non-hydrogen) atoms. The number of rotatable bonds is 8. The van der Waals surface area contributed by atoms with Crippen molar-refractivity contribution in [2.75, 3.05) is 13.7 Å². The quantitative estimate of drug-likeness (QED) is 0.582. The molecule has 0 bridgehead atoms. The van der Waals surface area contributed by atoms with Gasteiger partial charge in [0.2, 0.25) is 5.82 Å². The molecule has 0 aromatic heterocycles. The maximum absolute atomic E-state index is 13.8. The molecule has 1 N–H and O–H groups in total. The van der Waals surface area contributed by atoms with Gasteiger partial charge in [-0.15, -0.1) is 0 Å². The minimum atomic E-state index is -0.771. The predicted octanol–water partition coefficient (Wildman–Crippen LogP) is 2.64. The van der Waals surface area contributed by atoms with Gasteiger partial charge in [0, 0.05) is 31.3 Å². The van der Waals surface area contributed by atoms with Gasteiger partial charge in [0.15, 0.2) is 0 Å². The number of nitrogens with zero attached hydrogens (tertiary/aromatic N) is 1. The van der Waals surface area contributed by atoms with Crippen molar-refractivity contribution in [3.05, 3.63) is 39.7 Å². The van der Waals surface area contributed by atoms with E-state index in [1.807, 2.05) is 0 Å². The molecule has 0 aliphatic rings. The van der Waals surface area contributed by atoms with E-state index in [1.54, 1.807) is 13.2 Å². The van der Waals surface area contributed by atoms with E-state index in [2.05, 4.69) is 12.2 Å². The first-order valence-electron chi connectivity index (χ1n) is 6.24. The van der Waals surface area contributed by atoms with Gasteiger partial charge in [-0.1, -0.05) is 25.5 Å². The van der Waals surface area contributed by atoms with Crippen LogP contribution in [-0.2, 0) is 11.3 Å². The van der Waals surface area contributed by atoms with Gasteiger partial charge in [-0.05, 0) is 6.42 Å². The number of hydrogen-bond donors (Lipinski definition) is 1. The summed E-state index contributed by atoms with van der Waals surface area (Å²) in [7, 11) is 1.61. The van der Waals surface area contributed by atoms with E-state index in [0.29, 0.717) is 12.2 Å². The molecular weight excluding hydrogens is 251 g/mol. The van der Waals surface area contributed by atoms with Gasteiger partial charge in [0.25, 0.3) is 0 Å². The van der Waals surface area contributed by atoms with Crippen LogP contribution in [0.5, 0.6) is 0 Å². The molecule has 0 aliphatic heterocycles. The lowest BCUT2D eigenvalue weighted by Gasteiger charge is -2.17. The Balaban J connectivity index is 2.71. The minimum absolute atomic E-state index is 0.119. The zero-order chi connectivity index (χ0) is 14.3. The number of nitro benzene ring substituents is 1. The molecule has 1 atom stereocenters. The van der Waals surface area contributed by atoms with Crippen LogP contribution in [-0.4, -0.2) is 24.7 Å². The molecule has 1 aromatic rings. The molecule has 0 radical (unpaired) electrons. The zero-order valence-electron chi connectivity index (χ0n) is 11.2. The highest BCUT2D eigenvalue weighted by Gasteiger charge is 2.17. The topological polar surface area (TPSA) is 64.4 Å². The van der Waals surface area contributed by atoms with Gasteiger partial charge < -0.3 is 10.1 Å². The highest BCUT2D eigenvalue weighted by molar-refractivity contribution is 5.36. The lowest BCUT2D eigenvalue weighted by atomic mass is 10.1. The van der Waals surface area contributed by atoms with Crippen molar-refractivity contribution >= 4 is 5.69 Å². The lowest BCUT2D eigenvalue weighted by molar-refractivity contribution is -0.387. The predicted molar refractivity (Wildman–Crippen MR) is 70.5 cm³/mol. The lowest BCUT2D eigenvalue weighted by Crippen LogP contribution is -2.32. The van der Waals surface area contributed by atoms with E-state index in [9.17, 15) is 14.5 Å². The molecule has 6 heteroatoms. The molecule has 0 spiro atoms. The van der Waals surface area contributed by atoms with Crippen LogP contribution in [0.25, 0.3) is 0 Å². The van der Waals surface area contributed by atoms with Gasteiger partial charge in [-0.2, -0.15) is 4.39 Å². The maximum Gasteiger partial charge on any atom is 0.305 e. The molecule has 106 valence electrons. The van der Waals surface area contributed by atoms with Crippen LogP contribution < -0.4 is 5.32 Å². The van der Waals surface area contributed by atoms with E-state index in [4.69, 9.17) is 4.74 Å². The van der Waals surface area contributed by atoms with Gasteiger partial charge >= 0.3 is 5.69 Å². The smallest absolute Gasteiger partial charge is 0.305 e. The minimum Gasteiger partial charge on any atom is -0.383 e. The zero-order valence-corrected chi connectivity index (χ0v) is 11.2. The summed E-state index contributed by atoms with van der Waals surface area (Å²) in [5, 5.41) is 13.8. The number of halogens is 1. The third-order valence-corrected chi connectivity index (χ3v) is 2.84. The van der Waals surface area contributed by atoms with Crippen LogP contribution in [0.3, 0.4) is 0 Å². The second-order valence-electron chi connectivity index (χ2n) is 4.33. The summed E-state index contributed by atoms with van der Waals surface area (Å²) in [4.78, 5) is 9.93. The van der Waals surface area contributed by atoms with Gasteiger partial charge in [-0.25, -0.2) is 0 Å². The summed E-state index contributed by atoms with van der Waals surface area (Å²) in [6.07, 6.45) is 1.89. The van der Waals surface area contributed by atoms with Gasteiger partial charge in [0.1, 0.15) is 0 Å². The fourth-order valence-corrected chi connectivity index (χ4v) is 1.89. The summed E-state index contributed by atoms with van der Waals surface area (Å²) in [5.74, 6) is -0.771. The highest BCUT2D eigenvalue weighted by Crippen LogP contribution is 2.20. The number of nitro groups is 1. The Kier molecular flexibility index (Phi) is 6.38. The number of ether oxygens (including phenoxy) is 1. The van der Waals surface area contributed by atoms with E-state index in [-0.39, 0.29) is 12.6 Å². The number of methoxy groups -OCH3 is 1. The van der Waals surface area contributed by atoms with Gasteiger partial charge in [-0.3, -0.25) is 10.1 Å². The highest BCUT2D eigenvalue weighted by atomic mass is 19.1. The van der Waals surface area contributed by atoms with Crippen LogP contribution >= 0.6 is 0 Å². The molecule has 0 heterocycles. The monoisotopic (exact) mass is 270 g/mol. The Labute approximate surface area is 111 Å². The average Bonchev–Trinajstić information content (AvgIpc) is 2.37. The van der Waals surface area contributed by atoms with E-state index in [0.717, 1.165) is 18.9 Å². The molecule has 1 aromatic carbocycles. The number of nitrogens with one attached hydrogen (secondary N) is 1. The standard InChI is InChI=1S/C13H19FN2O3/c1-3-5-11(9-19-2)15-8-10-6-4-7-12(13(10)14)16(17)18/h4,6-7,11,15H,3,5,8-9H2,1-2H3. The summed E-state index contributed by atoms with van der Waals surface area (Å²) in [6, 6.07) is 4.32. The van der Waals surface area contributed by atoms with Crippen molar-refractivity contribution in [2.24, 2.45) is 0 Å². The first-order valence-corrected chi connectivity index (χ1v) is 6.24. The second kappa shape index (κ2) is 7.81. The van der Waals surface area contributed by atoms with Crippen LogP contribution in [0, 0.1) is 15.9 Å². The van der Waals surface area contributed by atoms with Crippen LogP contribution in [0.15, 0.2) is 18.2 Å². The molecule has 0 saturated carbocycles. The SMILES string of the molecule is CCCC(COC)NCc1cccc([N+](=O)[O-])c1F. The molecular formula is C13H19FN2O3. The van der Waals surface area contributed by atoms with Gasteiger partial charge in [0.05, 0.1) is 11.5 Å². The van der Waals surface area contributed by atoms with Crippen molar-refractivity contribution in [3.63, 3.8) is 0 Å². The third-order valence-electron chi connectivity index (χ3n) is 2.84. The molecule has 0 amide bonds. The molecule has 1 rings (SSSR count). The fourth-order valence-electron chi connectivity index (χ4n) is 1.89. The first kappa shape index (κ1) is 15.5. The van der Waals surface area contributed by atoms with Crippen molar-refractivity contribution in [1.29, 1.82) is 0 Å². The average molecular weight is 270 g/mol. The van der Waals surface area contributed by atoms with E-state index < -0.39 is 16.4 Å². The Morgan fingerprint density at radius 3 is 2.84 bits per heavy atom. The molecule has 0 aliphatic carbocycles. The molecule has 1 unspecified atom stereocenters. The Hall–Kier alpha value is -1.53. The summed E-state index contributed by atoms with van der Waals surface area (Å²) in [6.45, 7) is 2.84. The normalized spacial score (nSPS) is 12.4. The van der Waals surface area contributed by atoms with Crippen LogP contribution in [0.2, 0.25) is 0 Å². The van der Waals surface area contributed by atoms with E-state index in [1.165, 1.54) is 6.07 Å². The Morgan fingerprint density at radius 2 is 2.26 bits per heavy atom. The molecule has 5 nitrogen and oxygen atoms in total. The summed E-state index contributed by atoms with van der Waals surface area (Å²) >= 11 is 0. The third kappa shape index (κ3) is 4.57. The first-order chi connectivity index (χ1) is 9.10. The number of hydrogen-bond acceptors (Lipinski definition) is 4. The fraction of sp³-hybridized carbons (Fsp3) is 0.538. The van der Waals surface area contributed by atoms with Crippen LogP contribution in [0.1, 0.15) is 25.3 Å². The maximum atomic E-state index is 13.8. The van der Waals surface area contributed by atoms with Crippen LogP contribution in [0.4, 0.5) is 10.1 Å². The largest absolute Gasteiger partial charge is 0.383 e. The van der Waals surface area contributed by atoms with E-state index >= 15 is 0 Å². The number of benzene rings is 1. The van der Waals surface area contributed by atoms with Crippen molar-refractivity contribution in [3.8, 4) is 0 Å². The van der Waals surface area contributed by atoms with Crippen molar-refractivity contribution in [2.45, 2.75) is 32.4 Å².